The van der Waals surface area contributed by atoms with Crippen LogP contribution in [0.2, 0.25) is 0 Å². The van der Waals surface area contributed by atoms with Crippen LogP contribution in [0.1, 0.15) is 36.1 Å². The van der Waals surface area contributed by atoms with E-state index in [1.807, 2.05) is 6.07 Å². The van der Waals surface area contributed by atoms with Crippen LogP contribution < -0.4 is 10.1 Å². The summed E-state index contributed by atoms with van der Waals surface area (Å²) in [5.74, 6) is -0.402. The van der Waals surface area contributed by atoms with E-state index in [1.165, 1.54) is 12.1 Å². The molecular weight excluding hydrogens is 297 g/mol. The Morgan fingerprint density at radius 1 is 1.26 bits per heavy atom. The highest BCUT2D eigenvalue weighted by Crippen LogP contribution is 2.32. The number of carbonyl (C=O) groups excluding carboxylic acids is 1. The van der Waals surface area contributed by atoms with E-state index in [-0.39, 0.29) is 11.9 Å². The molecule has 4 nitrogen and oxygen atoms in total. The molecule has 23 heavy (non-hydrogen) atoms. The zero-order valence-corrected chi connectivity index (χ0v) is 12.5. The van der Waals surface area contributed by atoms with Crippen molar-refractivity contribution in [2.24, 2.45) is 0 Å². The molecule has 0 bridgehead atoms. The first-order valence-corrected chi connectivity index (χ1v) is 7.61. The number of aliphatic hydroxyl groups excluding tert-OH is 1. The van der Waals surface area contributed by atoms with Crippen LogP contribution >= 0.6 is 0 Å². The topological polar surface area (TPSA) is 58.6 Å². The Labute approximate surface area is 133 Å². The number of carbonyl (C=O) groups is 1. The molecule has 1 aliphatic heterocycles. The number of ether oxygens (including phenoxy) is 1. The molecule has 1 amide bonds. The molecule has 2 aromatic carbocycles. The zero-order chi connectivity index (χ0) is 16.2. The second-order valence-corrected chi connectivity index (χ2v) is 5.55. The molecule has 0 spiro atoms. The molecule has 0 saturated heterocycles. The number of fused-ring (bicyclic) bond motifs is 1. The molecule has 0 radical (unpaired) electrons. The Morgan fingerprint density at radius 2 is 2.04 bits per heavy atom. The second kappa shape index (κ2) is 6.79. The van der Waals surface area contributed by atoms with Crippen LogP contribution in [-0.4, -0.2) is 17.6 Å². The van der Waals surface area contributed by atoms with Gasteiger partial charge < -0.3 is 15.2 Å². The lowest BCUT2D eigenvalue weighted by atomic mass is 10.0. The van der Waals surface area contributed by atoms with Gasteiger partial charge in [-0.3, -0.25) is 4.79 Å². The number of amides is 1. The SMILES string of the molecule is O=C(NC1CCCOc2cc(F)ccc21)C(O)c1ccccc1. The molecule has 2 unspecified atom stereocenters. The van der Waals surface area contributed by atoms with E-state index in [9.17, 15) is 14.3 Å². The average molecular weight is 315 g/mol. The van der Waals surface area contributed by atoms with Crippen LogP contribution in [0.15, 0.2) is 48.5 Å². The third-order valence-electron chi connectivity index (χ3n) is 3.93. The molecule has 2 N–H and O–H groups in total. The monoisotopic (exact) mass is 315 g/mol. The summed E-state index contributed by atoms with van der Waals surface area (Å²) in [7, 11) is 0. The lowest BCUT2D eigenvalue weighted by Crippen LogP contribution is -2.32. The first-order chi connectivity index (χ1) is 11.1. The fraction of sp³-hybridized carbons (Fsp3) is 0.278. The highest BCUT2D eigenvalue weighted by Gasteiger charge is 2.25. The summed E-state index contributed by atoms with van der Waals surface area (Å²) in [6.45, 7) is 0.476. The summed E-state index contributed by atoms with van der Waals surface area (Å²) in [6, 6.07) is 12.7. The molecule has 0 saturated carbocycles. The lowest BCUT2D eigenvalue weighted by Gasteiger charge is -2.20. The lowest BCUT2D eigenvalue weighted by molar-refractivity contribution is -0.130. The maximum Gasteiger partial charge on any atom is 0.253 e. The summed E-state index contributed by atoms with van der Waals surface area (Å²) in [5, 5.41) is 13.0. The van der Waals surface area contributed by atoms with Crippen molar-refractivity contribution in [2.75, 3.05) is 6.61 Å². The van der Waals surface area contributed by atoms with E-state index in [4.69, 9.17) is 4.74 Å². The van der Waals surface area contributed by atoms with Gasteiger partial charge in [-0.2, -0.15) is 0 Å². The van der Waals surface area contributed by atoms with Crippen LogP contribution in [-0.2, 0) is 4.79 Å². The van der Waals surface area contributed by atoms with E-state index in [1.54, 1.807) is 30.3 Å². The van der Waals surface area contributed by atoms with Gasteiger partial charge >= 0.3 is 0 Å². The Balaban J connectivity index is 1.78. The smallest absolute Gasteiger partial charge is 0.253 e. The van der Waals surface area contributed by atoms with Crippen LogP contribution in [0.5, 0.6) is 5.75 Å². The minimum Gasteiger partial charge on any atom is -0.493 e. The molecule has 0 aliphatic carbocycles. The normalized spacial score (nSPS) is 18.3. The van der Waals surface area contributed by atoms with Gasteiger partial charge in [-0.05, 0) is 24.5 Å². The van der Waals surface area contributed by atoms with Gasteiger partial charge in [0.2, 0.25) is 0 Å². The Morgan fingerprint density at radius 3 is 2.83 bits per heavy atom. The minimum atomic E-state index is -1.23. The minimum absolute atomic E-state index is 0.307. The molecule has 1 heterocycles. The number of nitrogens with one attached hydrogen (secondary N) is 1. The Hall–Kier alpha value is -2.40. The predicted molar refractivity (Wildman–Crippen MR) is 83.4 cm³/mol. The van der Waals surface area contributed by atoms with Crippen molar-refractivity contribution in [1.82, 2.24) is 5.32 Å². The van der Waals surface area contributed by atoms with Gasteiger partial charge in [0.05, 0.1) is 12.6 Å². The maximum atomic E-state index is 13.4. The number of hydrogen-bond donors (Lipinski definition) is 2. The number of rotatable bonds is 3. The van der Waals surface area contributed by atoms with Gasteiger partial charge in [0.15, 0.2) is 6.10 Å². The van der Waals surface area contributed by atoms with Crippen LogP contribution in [0.25, 0.3) is 0 Å². The van der Waals surface area contributed by atoms with Crippen molar-refractivity contribution < 1.29 is 19.0 Å². The van der Waals surface area contributed by atoms with Gasteiger partial charge in [-0.25, -0.2) is 4.39 Å². The van der Waals surface area contributed by atoms with Crippen LogP contribution in [0.3, 0.4) is 0 Å². The van der Waals surface area contributed by atoms with Crippen molar-refractivity contribution in [2.45, 2.75) is 25.0 Å². The molecule has 120 valence electrons. The highest BCUT2D eigenvalue weighted by atomic mass is 19.1. The number of benzene rings is 2. The molecule has 0 fully saturated rings. The van der Waals surface area contributed by atoms with Crippen LogP contribution in [0.4, 0.5) is 4.39 Å². The first kappa shape index (κ1) is 15.5. The zero-order valence-electron chi connectivity index (χ0n) is 12.5. The van der Waals surface area contributed by atoms with Gasteiger partial charge in [-0.15, -0.1) is 0 Å². The quantitative estimate of drug-likeness (QED) is 0.915. The second-order valence-electron chi connectivity index (χ2n) is 5.55. The average Bonchev–Trinajstić information content (AvgIpc) is 2.76. The van der Waals surface area contributed by atoms with Crippen molar-refractivity contribution in [3.05, 3.63) is 65.5 Å². The molecule has 2 atom stereocenters. The Bertz CT molecular complexity index is 690. The largest absolute Gasteiger partial charge is 0.493 e. The molecule has 3 rings (SSSR count). The number of halogens is 1. The summed E-state index contributed by atoms with van der Waals surface area (Å²) in [4.78, 5) is 12.3. The van der Waals surface area contributed by atoms with E-state index in [0.717, 1.165) is 12.0 Å². The van der Waals surface area contributed by atoms with Gasteiger partial charge in [-0.1, -0.05) is 36.4 Å². The number of aliphatic hydroxyl groups is 1. The molecular formula is C18H18FNO3. The van der Waals surface area contributed by atoms with Crippen LogP contribution in [0, 0.1) is 5.82 Å². The molecule has 5 heteroatoms. The summed E-state index contributed by atoms with van der Waals surface area (Å²) in [6.07, 6.45) is 0.179. The van der Waals surface area contributed by atoms with Crippen molar-refractivity contribution in [3.8, 4) is 5.75 Å². The van der Waals surface area contributed by atoms with Gasteiger partial charge in [0, 0.05) is 11.6 Å². The summed E-state index contributed by atoms with van der Waals surface area (Å²) < 4.78 is 18.9. The Kier molecular flexibility index (Phi) is 4.57. The van der Waals surface area contributed by atoms with E-state index in [2.05, 4.69) is 5.32 Å². The van der Waals surface area contributed by atoms with E-state index >= 15 is 0 Å². The van der Waals surface area contributed by atoms with E-state index < -0.39 is 12.0 Å². The summed E-state index contributed by atoms with van der Waals surface area (Å²) >= 11 is 0. The molecule has 1 aliphatic rings. The van der Waals surface area contributed by atoms with Gasteiger partial charge in [0.1, 0.15) is 11.6 Å². The van der Waals surface area contributed by atoms with E-state index in [0.29, 0.717) is 24.3 Å². The predicted octanol–water partition coefficient (Wildman–Crippen LogP) is 2.89. The third kappa shape index (κ3) is 3.51. The highest BCUT2D eigenvalue weighted by molar-refractivity contribution is 5.82. The van der Waals surface area contributed by atoms with Crippen molar-refractivity contribution >= 4 is 5.91 Å². The fourth-order valence-electron chi connectivity index (χ4n) is 2.73. The molecule has 0 aromatic heterocycles. The molecule has 2 aromatic rings. The fourth-order valence-corrected chi connectivity index (χ4v) is 2.73. The standard InChI is InChI=1S/C18H18FNO3/c19-13-8-9-14-15(7-4-10-23-16(14)11-13)20-18(22)17(21)12-5-2-1-3-6-12/h1-3,5-6,8-9,11,15,17,21H,4,7,10H2,(H,20,22). The number of hydrogen-bond acceptors (Lipinski definition) is 3. The third-order valence-corrected chi connectivity index (χ3v) is 3.93. The maximum absolute atomic E-state index is 13.4. The van der Waals surface area contributed by atoms with Crippen molar-refractivity contribution in [1.29, 1.82) is 0 Å². The first-order valence-electron chi connectivity index (χ1n) is 7.61. The van der Waals surface area contributed by atoms with Gasteiger partial charge in [0.25, 0.3) is 5.91 Å². The summed E-state index contributed by atoms with van der Waals surface area (Å²) in [5.41, 5.74) is 1.27. The van der Waals surface area contributed by atoms with Crippen molar-refractivity contribution in [3.63, 3.8) is 0 Å².